The molecule has 2 N–H and O–H groups in total. The number of amides is 2. The summed E-state index contributed by atoms with van der Waals surface area (Å²) in [6, 6.07) is 7.88. The van der Waals surface area contributed by atoms with E-state index in [-0.39, 0.29) is 24.7 Å². The topological polar surface area (TPSA) is 120 Å². The minimum Gasteiger partial charge on any atom is -0.467 e. The Bertz CT molecular complexity index is 976. The van der Waals surface area contributed by atoms with Crippen LogP contribution >= 0.6 is 0 Å². The van der Waals surface area contributed by atoms with Gasteiger partial charge in [-0.15, -0.1) is 0 Å². The number of hydrogen-bond acceptors (Lipinski definition) is 6. The molecular weight excluding hydrogens is 373 g/mol. The Morgan fingerprint density at radius 3 is 2.75 bits per heavy atom. The van der Waals surface area contributed by atoms with Crippen molar-refractivity contribution < 1.29 is 28.4 Å². The minimum absolute atomic E-state index is 0.0173. The Labute approximate surface area is 157 Å². The van der Waals surface area contributed by atoms with Gasteiger partial charge >= 0.3 is 0 Å². The molecular formula is C18H14FN3O6. The van der Waals surface area contributed by atoms with Gasteiger partial charge in [0, 0.05) is 29.3 Å². The Kier molecular flexibility index (Phi) is 5.61. The van der Waals surface area contributed by atoms with Crippen molar-refractivity contribution in [2.75, 3.05) is 6.79 Å². The number of rotatable bonds is 4. The molecule has 1 heterocycles. The Morgan fingerprint density at radius 1 is 1.21 bits per heavy atom. The fourth-order valence-corrected chi connectivity index (χ4v) is 2.50. The summed E-state index contributed by atoms with van der Waals surface area (Å²) in [7, 11) is 0. The molecule has 0 bridgehead atoms. The van der Waals surface area contributed by atoms with Gasteiger partial charge in [-0.25, -0.2) is 4.39 Å². The fraction of sp³-hybridized carbons (Fsp3) is 0.111. The van der Waals surface area contributed by atoms with Gasteiger partial charge in [0.05, 0.1) is 17.1 Å². The van der Waals surface area contributed by atoms with Gasteiger partial charge in [0.2, 0.25) is 0 Å². The first kappa shape index (κ1) is 19.0. The van der Waals surface area contributed by atoms with E-state index < -0.39 is 22.6 Å². The predicted molar refractivity (Wildman–Crippen MR) is 94.4 cm³/mol. The lowest BCUT2D eigenvalue weighted by molar-refractivity contribution is -0.385. The number of non-ortho nitro benzene ring substituents is 1. The van der Waals surface area contributed by atoms with Crippen LogP contribution < -0.4 is 15.6 Å². The lowest BCUT2D eigenvalue weighted by Crippen LogP contribution is -2.41. The summed E-state index contributed by atoms with van der Waals surface area (Å²) in [5.41, 5.74) is 4.56. The van der Waals surface area contributed by atoms with E-state index in [9.17, 15) is 24.1 Å². The zero-order chi connectivity index (χ0) is 20.1. The average Bonchev–Trinajstić information content (AvgIpc) is 2.70. The number of nitrogens with zero attached hydrogens (tertiary/aromatic N) is 1. The van der Waals surface area contributed by atoms with E-state index in [0.29, 0.717) is 16.9 Å². The molecule has 28 heavy (non-hydrogen) atoms. The Hall–Kier alpha value is -3.79. The lowest BCUT2D eigenvalue weighted by atomic mass is 10.1. The van der Waals surface area contributed by atoms with Crippen molar-refractivity contribution in [1.82, 2.24) is 10.9 Å². The van der Waals surface area contributed by atoms with Crippen molar-refractivity contribution in [1.29, 1.82) is 0 Å². The molecule has 0 atom stereocenters. The number of nitro benzene ring substituents is 1. The van der Waals surface area contributed by atoms with Crippen molar-refractivity contribution >= 4 is 23.6 Å². The van der Waals surface area contributed by atoms with Gasteiger partial charge in [-0.2, -0.15) is 0 Å². The number of benzene rings is 2. The normalized spacial score (nSPS) is 12.8. The van der Waals surface area contributed by atoms with Gasteiger partial charge in [0.1, 0.15) is 11.6 Å². The molecule has 144 valence electrons. The van der Waals surface area contributed by atoms with Gasteiger partial charge in [0.15, 0.2) is 6.79 Å². The zero-order valence-electron chi connectivity index (χ0n) is 14.3. The molecule has 0 saturated heterocycles. The highest BCUT2D eigenvalue weighted by Crippen LogP contribution is 2.33. The molecule has 0 aromatic heterocycles. The van der Waals surface area contributed by atoms with Crippen LogP contribution in [0.5, 0.6) is 5.75 Å². The van der Waals surface area contributed by atoms with Gasteiger partial charge in [-0.3, -0.25) is 30.6 Å². The summed E-state index contributed by atoms with van der Waals surface area (Å²) in [5.74, 6) is -1.91. The van der Waals surface area contributed by atoms with Gasteiger partial charge in [0.25, 0.3) is 17.5 Å². The van der Waals surface area contributed by atoms with Crippen LogP contribution in [-0.4, -0.2) is 23.5 Å². The molecule has 2 aromatic carbocycles. The molecule has 10 heteroatoms. The maximum absolute atomic E-state index is 13.5. The number of ether oxygens (including phenoxy) is 2. The third-order valence-electron chi connectivity index (χ3n) is 3.77. The number of hydrazine groups is 1. The quantitative estimate of drug-likeness (QED) is 0.471. The Balaban J connectivity index is 1.70. The first-order valence-electron chi connectivity index (χ1n) is 8.00. The van der Waals surface area contributed by atoms with E-state index in [2.05, 4.69) is 10.9 Å². The lowest BCUT2D eigenvalue weighted by Gasteiger charge is -2.19. The van der Waals surface area contributed by atoms with Crippen LogP contribution in [-0.2, 0) is 16.1 Å². The predicted octanol–water partition coefficient (Wildman–Crippen LogP) is 2.07. The highest BCUT2D eigenvalue weighted by Gasteiger charge is 2.20. The number of halogens is 1. The molecule has 2 amide bonds. The van der Waals surface area contributed by atoms with E-state index in [1.165, 1.54) is 36.4 Å². The van der Waals surface area contributed by atoms with Crippen molar-refractivity contribution in [2.45, 2.75) is 6.61 Å². The zero-order valence-corrected chi connectivity index (χ0v) is 14.3. The van der Waals surface area contributed by atoms with E-state index in [1.54, 1.807) is 0 Å². The summed E-state index contributed by atoms with van der Waals surface area (Å²) < 4.78 is 24.0. The average molecular weight is 387 g/mol. The number of nitro groups is 1. The molecule has 0 fully saturated rings. The summed E-state index contributed by atoms with van der Waals surface area (Å²) >= 11 is 0. The van der Waals surface area contributed by atoms with Crippen LogP contribution in [0, 0.1) is 15.9 Å². The van der Waals surface area contributed by atoms with Gasteiger partial charge < -0.3 is 9.47 Å². The number of carbonyl (C=O) groups excluding carboxylic acids is 2. The monoisotopic (exact) mass is 387 g/mol. The highest BCUT2D eigenvalue weighted by molar-refractivity contribution is 5.98. The summed E-state index contributed by atoms with van der Waals surface area (Å²) in [4.78, 5) is 34.3. The molecule has 0 radical (unpaired) electrons. The molecule has 0 aliphatic carbocycles. The van der Waals surface area contributed by atoms with Crippen LogP contribution in [0.25, 0.3) is 6.08 Å². The second-order valence-electron chi connectivity index (χ2n) is 5.65. The molecule has 1 aliphatic heterocycles. The minimum atomic E-state index is -0.826. The molecule has 2 aromatic rings. The van der Waals surface area contributed by atoms with E-state index >= 15 is 0 Å². The third-order valence-corrected chi connectivity index (χ3v) is 3.77. The van der Waals surface area contributed by atoms with Crippen LogP contribution in [0.3, 0.4) is 0 Å². The maximum Gasteiger partial charge on any atom is 0.272 e. The summed E-state index contributed by atoms with van der Waals surface area (Å²) in [6.45, 7) is 0.124. The molecule has 1 aliphatic rings. The van der Waals surface area contributed by atoms with Crippen LogP contribution in [0.2, 0.25) is 0 Å². The third kappa shape index (κ3) is 4.30. The number of carbonyl (C=O) groups is 2. The first-order valence-corrected chi connectivity index (χ1v) is 8.00. The van der Waals surface area contributed by atoms with Gasteiger partial charge in [-0.1, -0.05) is 12.1 Å². The van der Waals surface area contributed by atoms with Crippen LogP contribution in [0.4, 0.5) is 10.1 Å². The summed E-state index contributed by atoms with van der Waals surface area (Å²) in [6.07, 6.45) is 2.36. The highest BCUT2D eigenvalue weighted by atomic mass is 19.1. The number of nitrogens with one attached hydrogen (secondary N) is 2. The van der Waals surface area contributed by atoms with E-state index in [1.807, 2.05) is 0 Å². The van der Waals surface area contributed by atoms with Crippen LogP contribution in [0.15, 0.2) is 42.5 Å². The smallest absolute Gasteiger partial charge is 0.272 e. The molecule has 0 unspecified atom stereocenters. The second kappa shape index (κ2) is 8.27. The molecule has 3 rings (SSSR count). The fourth-order valence-electron chi connectivity index (χ4n) is 2.50. The van der Waals surface area contributed by atoms with Crippen LogP contribution in [0.1, 0.15) is 21.5 Å². The molecule has 0 spiro atoms. The van der Waals surface area contributed by atoms with Crippen molar-refractivity contribution in [3.8, 4) is 5.75 Å². The van der Waals surface area contributed by atoms with E-state index in [0.717, 1.165) is 12.1 Å². The largest absolute Gasteiger partial charge is 0.467 e. The summed E-state index contributed by atoms with van der Waals surface area (Å²) in [5, 5.41) is 11.1. The molecule has 0 saturated carbocycles. The van der Waals surface area contributed by atoms with Crippen molar-refractivity contribution in [2.24, 2.45) is 0 Å². The Morgan fingerprint density at radius 2 is 2.00 bits per heavy atom. The second-order valence-corrected chi connectivity index (χ2v) is 5.65. The van der Waals surface area contributed by atoms with Crippen molar-refractivity contribution in [3.05, 3.63) is 75.1 Å². The van der Waals surface area contributed by atoms with Gasteiger partial charge in [-0.05, 0) is 18.2 Å². The SMILES string of the molecule is O=C(/C=C/c1cc([N+](=O)[O-])cc2c1OCOC2)NNC(=O)c1ccccc1F. The number of fused-ring (bicyclic) bond motifs is 1. The van der Waals surface area contributed by atoms with E-state index in [4.69, 9.17) is 9.47 Å². The standard InChI is InChI=1S/C18H14FN3O6/c19-15-4-2-1-3-14(15)18(24)21-20-16(23)6-5-11-7-13(22(25)26)8-12-9-27-10-28-17(11)12/h1-8H,9-10H2,(H,20,23)(H,21,24)/b6-5+. The van der Waals surface area contributed by atoms with Crippen molar-refractivity contribution in [3.63, 3.8) is 0 Å². The first-order chi connectivity index (χ1) is 13.5. The maximum atomic E-state index is 13.5. The number of hydrogen-bond donors (Lipinski definition) is 2. The molecule has 9 nitrogen and oxygen atoms in total.